The summed E-state index contributed by atoms with van der Waals surface area (Å²) in [7, 11) is 0. The van der Waals surface area contributed by atoms with Crippen molar-refractivity contribution in [1.29, 1.82) is 0 Å². The molecule has 2 N–H and O–H groups in total. The summed E-state index contributed by atoms with van der Waals surface area (Å²) in [6.07, 6.45) is 1.75. The van der Waals surface area contributed by atoms with Gasteiger partial charge in [0.25, 0.3) is 0 Å². The van der Waals surface area contributed by atoms with Gasteiger partial charge in [0.15, 0.2) is 0 Å². The van der Waals surface area contributed by atoms with E-state index in [0.29, 0.717) is 30.6 Å². The summed E-state index contributed by atoms with van der Waals surface area (Å²) < 4.78 is 11.1. The highest BCUT2D eigenvalue weighted by molar-refractivity contribution is 5.93. The molecule has 0 radical (unpaired) electrons. The normalized spacial score (nSPS) is 11.1. The Morgan fingerprint density at radius 3 is 2.84 bits per heavy atom. The minimum absolute atomic E-state index is 0.503. The van der Waals surface area contributed by atoms with Gasteiger partial charge in [-0.3, -0.25) is 4.98 Å². The van der Waals surface area contributed by atoms with Crippen molar-refractivity contribution in [3.63, 3.8) is 0 Å². The number of hydrogen-bond acceptors (Lipinski definition) is 4. The van der Waals surface area contributed by atoms with E-state index in [1.165, 1.54) is 0 Å². The van der Waals surface area contributed by atoms with Crippen molar-refractivity contribution in [1.82, 2.24) is 4.98 Å². The third kappa shape index (κ3) is 3.58. The Hall–Kier alpha value is -1.81. The van der Waals surface area contributed by atoms with Crippen LogP contribution in [0.1, 0.15) is 13.8 Å². The van der Waals surface area contributed by atoms with Crippen LogP contribution in [0.2, 0.25) is 0 Å². The zero-order valence-electron chi connectivity index (χ0n) is 11.4. The Balaban J connectivity index is 1.96. The molecule has 0 bridgehead atoms. The lowest BCUT2D eigenvalue weighted by molar-refractivity contribution is 0.0821. The molecular weight excluding hydrogens is 240 g/mol. The second kappa shape index (κ2) is 6.38. The predicted molar refractivity (Wildman–Crippen MR) is 77.3 cm³/mol. The molecule has 1 aromatic carbocycles. The van der Waals surface area contributed by atoms with Crippen LogP contribution in [-0.2, 0) is 4.74 Å². The molecule has 0 fully saturated rings. The summed E-state index contributed by atoms with van der Waals surface area (Å²) in [6, 6.07) is 7.58. The SMILES string of the molecule is CC(C)COCCOc1ccc2ncccc2c1N. The number of nitrogens with two attached hydrogens (primary N) is 1. The van der Waals surface area contributed by atoms with Crippen molar-refractivity contribution in [3.05, 3.63) is 30.5 Å². The van der Waals surface area contributed by atoms with Gasteiger partial charge in [-0.05, 0) is 30.2 Å². The highest BCUT2D eigenvalue weighted by Gasteiger charge is 2.05. The maximum atomic E-state index is 6.08. The van der Waals surface area contributed by atoms with Gasteiger partial charge in [0.05, 0.1) is 17.8 Å². The van der Waals surface area contributed by atoms with Gasteiger partial charge in [0.2, 0.25) is 0 Å². The van der Waals surface area contributed by atoms with Crippen LogP contribution in [0.5, 0.6) is 5.75 Å². The van der Waals surface area contributed by atoms with Crippen molar-refractivity contribution in [3.8, 4) is 5.75 Å². The quantitative estimate of drug-likeness (QED) is 0.641. The topological polar surface area (TPSA) is 57.4 Å². The van der Waals surface area contributed by atoms with Crippen LogP contribution < -0.4 is 10.5 Å². The second-order valence-electron chi connectivity index (χ2n) is 4.86. The van der Waals surface area contributed by atoms with E-state index < -0.39 is 0 Å². The van der Waals surface area contributed by atoms with E-state index in [9.17, 15) is 0 Å². The number of hydrogen-bond donors (Lipinski definition) is 1. The fourth-order valence-electron chi connectivity index (χ4n) is 1.81. The first-order valence-corrected chi connectivity index (χ1v) is 6.52. The van der Waals surface area contributed by atoms with Crippen LogP contribution in [0.3, 0.4) is 0 Å². The second-order valence-corrected chi connectivity index (χ2v) is 4.86. The van der Waals surface area contributed by atoms with Crippen molar-refractivity contribution < 1.29 is 9.47 Å². The molecule has 0 saturated carbocycles. The fraction of sp³-hybridized carbons (Fsp3) is 0.400. The van der Waals surface area contributed by atoms with Crippen LogP contribution in [0, 0.1) is 5.92 Å². The molecule has 0 amide bonds. The fourth-order valence-corrected chi connectivity index (χ4v) is 1.81. The summed E-state index contributed by atoms with van der Waals surface area (Å²) in [5.41, 5.74) is 7.59. The van der Waals surface area contributed by atoms with E-state index >= 15 is 0 Å². The maximum Gasteiger partial charge on any atom is 0.143 e. The van der Waals surface area contributed by atoms with Crippen LogP contribution in [0.25, 0.3) is 10.9 Å². The van der Waals surface area contributed by atoms with Crippen molar-refractivity contribution in [2.45, 2.75) is 13.8 Å². The summed E-state index contributed by atoms with van der Waals surface area (Å²) in [6.45, 7) is 6.07. The van der Waals surface area contributed by atoms with Crippen LogP contribution in [-0.4, -0.2) is 24.8 Å². The van der Waals surface area contributed by atoms with Crippen LogP contribution >= 0.6 is 0 Å². The average molecular weight is 260 g/mol. The van der Waals surface area contributed by atoms with E-state index in [1.807, 2.05) is 24.3 Å². The van der Waals surface area contributed by atoms with Crippen molar-refractivity contribution >= 4 is 16.6 Å². The molecule has 4 heteroatoms. The minimum Gasteiger partial charge on any atom is -0.489 e. The molecule has 102 valence electrons. The Morgan fingerprint density at radius 2 is 2.05 bits per heavy atom. The molecule has 2 aromatic rings. The van der Waals surface area contributed by atoms with Gasteiger partial charge in [0, 0.05) is 18.2 Å². The lowest BCUT2D eigenvalue weighted by Crippen LogP contribution is -2.11. The standard InChI is InChI=1S/C15H20N2O2/c1-11(2)10-18-8-9-19-14-6-5-13-12(15(14)16)4-3-7-17-13/h3-7,11H,8-10,16H2,1-2H3. The first kappa shape index (κ1) is 13.6. The smallest absolute Gasteiger partial charge is 0.143 e. The molecule has 2 rings (SSSR count). The summed E-state index contributed by atoms with van der Waals surface area (Å²) in [5, 5.41) is 0.920. The summed E-state index contributed by atoms with van der Waals surface area (Å²) >= 11 is 0. The molecular formula is C15H20N2O2. The molecule has 4 nitrogen and oxygen atoms in total. The third-order valence-electron chi connectivity index (χ3n) is 2.72. The zero-order chi connectivity index (χ0) is 13.7. The minimum atomic E-state index is 0.503. The maximum absolute atomic E-state index is 6.08. The van der Waals surface area contributed by atoms with Crippen molar-refractivity contribution in [2.24, 2.45) is 5.92 Å². The Bertz CT molecular complexity index is 541. The third-order valence-corrected chi connectivity index (χ3v) is 2.72. The molecule has 1 aromatic heterocycles. The van der Waals surface area contributed by atoms with E-state index in [1.54, 1.807) is 6.20 Å². The zero-order valence-corrected chi connectivity index (χ0v) is 11.4. The van der Waals surface area contributed by atoms with Gasteiger partial charge < -0.3 is 15.2 Å². The van der Waals surface area contributed by atoms with Gasteiger partial charge in [-0.2, -0.15) is 0 Å². The number of ether oxygens (including phenoxy) is 2. The number of rotatable bonds is 6. The first-order valence-electron chi connectivity index (χ1n) is 6.52. The number of pyridine rings is 1. The number of aromatic nitrogens is 1. The van der Waals surface area contributed by atoms with Gasteiger partial charge in [-0.15, -0.1) is 0 Å². The van der Waals surface area contributed by atoms with Crippen LogP contribution in [0.4, 0.5) is 5.69 Å². The Labute approximate surface area is 113 Å². The van der Waals surface area contributed by atoms with E-state index in [2.05, 4.69) is 18.8 Å². The average Bonchev–Trinajstić information content (AvgIpc) is 2.41. The first-order chi connectivity index (χ1) is 9.18. The molecule has 0 saturated heterocycles. The van der Waals surface area contributed by atoms with Gasteiger partial charge in [-0.1, -0.05) is 13.8 Å². The molecule has 1 heterocycles. The lowest BCUT2D eigenvalue weighted by atomic mass is 10.2. The summed E-state index contributed by atoms with van der Waals surface area (Å²) in [4.78, 5) is 4.25. The highest BCUT2D eigenvalue weighted by atomic mass is 16.5. The molecule has 0 aliphatic carbocycles. The molecule has 0 atom stereocenters. The summed E-state index contributed by atoms with van der Waals surface area (Å²) in [5.74, 6) is 1.23. The van der Waals surface area contributed by atoms with Gasteiger partial charge in [-0.25, -0.2) is 0 Å². The van der Waals surface area contributed by atoms with E-state index in [0.717, 1.165) is 17.5 Å². The molecule has 0 aliphatic heterocycles. The van der Waals surface area contributed by atoms with E-state index in [4.69, 9.17) is 15.2 Å². The number of fused-ring (bicyclic) bond motifs is 1. The largest absolute Gasteiger partial charge is 0.489 e. The Kier molecular flexibility index (Phi) is 4.58. The number of nitrogens with zero attached hydrogens (tertiary/aromatic N) is 1. The van der Waals surface area contributed by atoms with Gasteiger partial charge >= 0.3 is 0 Å². The van der Waals surface area contributed by atoms with E-state index in [-0.39, 0.29) is 0 Å². The highest BCUT2D eigenvalue weighted by Crippen LogP contribution is 2.29. The number of anilines is 1. The molecule has 0 aliphatic rings. The van der Waals surface area contributed by atoms with Crippen molar-refractivity contribution in [2.75, 3.05) is 25.6 Å². The number of benzene rings is 1. The Morgan fingerprint density at radius 1 is 1.21 bits per heavy atom. The number of nitrogen functional groups attached to an aromatic ring is 1. The molecule has 19 heavy (non-hydrogen) atoms. The van der Waals surface area contributed by atoms with Gasteiger partial charge in [0.1, 0.15) is 12.4 Å². The monoisotopic (exact) mass is 260 g/mol. The predicted octanol–water partition coefficient (Wildman–Crippen LogP) is 2.87. The molecule has 0 unspecified atom stereocenters. The molecule has 0 spiro atoms. The van der Waals surface area contributed by atoms with Crippen LogP contribution in [0.15, 0.2) is 30.5 Å². The lowest BCUT2D eigenvalue weighted by Gasteiger charge is -2.11.